The number of unbranched alkanes of at least 4 members (excludes halogenated alkanes) is 1. The Bertz CT molecular complexity index is 3400. The van der Waals surface area contributed by atoms with Crippen LogP contribution in [0.15, 0.2) is 121 Å². The van der Waals surface area contributed by atoms with Gasteiger partial charge in [-0.2, -0.15) is 0 Å². The van der Waals surface area contributed by atoms with E-state index in [1.165, 1.54) is 0 Å². The van der Waals surface area contributed by atoms with Crippen molar-refractivity contribution < 1.29 is 47.5 Å². The standard InChI is InChI=1S/C66H48N2O10/c1-9-37-73-55-31-27-47(43-59(55)71-15-7)65(49-29-33-57(75-39-11-3)61(45-49)77-41-13-5)51-23-17-19-25-53(51)67(63(65)69)35-21-22-36-68-54-26-20-18-24-52(54)66(64(68)70,48-28-32-56(74-38-10-2)60(44-48)72-16-8)50-30-34-58(76-40-12-4)62(46-50)78-42-14-6/h1-8,17-20,23-34,43-46H,21-22,35-42H2. The lowest BCUT2D eigenvalue weighted by molar-refractivity contribution is -0.121. The molecule has 0 aromatic heterocycles. The maximum atomic E-state index is 15.9. The average Bonchev–Trinajstić information content (AvgIpc) is 4.11. The van der Waals surface area contributed by atoms with E-state index in [2.05, 4.69) is 47.7 Å². The summed E-state index contributed by atoms with van der Waals surface area (Å²) in [6.07, 6.45) is 50.2. The summed E-state index contributed by atoms with van der Waals surface area (Å²) in [4.78, 5) is 35.3. The number of carbonyl (C=O) groups excluding carboxylic acids is 2. The van der Waals surface area contributed by atoms with E-state index < -0.39 is 10.8 Å². The number of terminal acetylenes is 8. The molecule has 6 aromatic rings. The number of hydrogen-bond donors (Lipinski definition) is 0. The van der Waals surface area contributed by atoms with Crippen LogP contribution in [0.1, 0.15) is 46.2 Å². The second-order valence-corrected chi connectivity index (χ2v) is 17.2. The first-order valence-electron chi connectivity index (χ1n) is 24.2. The van der Waals surface area contributed by atoms with Crippen LogP contribution in [0.25, 0.3) is 0 Å². The fourth-order valence-electron chi connectivity index (χ4n) is 10.0. The van der Waals surface area contributed by atoms with Crippen molar-refractivity contribution in [3.05, 3.63) is 155 Å². The molecule has 8 rings (SSSR count). The molecule has 2 unspecified atom stereocenters. The minimum atomic E-state index is -1.54. The van der Waals surface area contributed by atoms with E-state index in [0.717, 1.165) is 0 Å². The zero-order valence-electron chi connectivity index (χ0n) is 42.2. The Kier molecular flexibility index (Phi) is 16.7. The number of amides is 2. The van der Waals surface area contributed by atoms with E-state index in [1.807, 2.05) is 48.5 Å². The lowest BCUT2D eigenvalue weighted by atomic mass is 9.70. The normalized spacial score (nSPS) is 15.4. The number of carbonyl (C=O) groups is 2. The predicted octanol–water partition coefficient (Wildman–Crippen LogP) is 8.54. The van der Waals surface area contributed by atoms with Crippen molar-refractivity contribution in [1.82, 2.24) is 0 Å². The fraction of sp³-hybridized carbons (Fsp3) is 0.182. The second-order valence-electron chi connectivity index (χ2n) is 17.2. The van der Waals surface area contributed by atoms with Gasteiger partial charge in [0.2, 0.25) is 11.8 Å². The molecule has 0 aliphatic carbocycles. The molecule has 382 valence electrons. The average molecular weight is 1030 g/mol. The van der Waals surface area contributed by atoms with Gasteiger partial charge in [0, 0.05) is 35.6 Å². The third-order valence-electron chi connectivity index (χ3n) is 13.1. The number of fused-ring (bicyclic) bond motifs is 2. The molecule has 0 saturated heterocycles. The van der Waals surface area contributed by atoms with Crippen molar-refractivity contribution in [3.63, 3.8) is 0 Å². The van der Waals surface area contributed by atoms with Gasteiger partial charge in [0.15, 0.2) is 46.0 Å². The second kappa shape index (κ2) is 24.4. The SMILES string of the molecule is C#CCOc1ccc(C2(c3ccc(OCC#C)c(OCC#C)c3)C(=O)N(CCCCN3C(=O)C(c4ccc(OCC#C)c(OC#C)c4)(c4ccc(OCC#C)c(OCC#C)c4)c4ccccc43)c3ccccc32)cc1OC#C. The fourth-order valence-corrected chi connectivity index (χ4v) is 10.0. The topological polar surface area (TPSA) is 114 Å². The van der Waals surface area contributed by atoms with Gasteiger partial charge in [-0.25, -0.2) is 0 Å². The van der Waals surface area contributed by atoms with E-state index in [0.29, 0.717) is 69.1 Å². The molecule has 2 heterocycles. The van der Waals surface area contributed by atoms with Crippen LogP contribution in [0.4, 0.5) is 11.4 Å². The monoisotopic (exact) mass is 1030 g/mol. The number of benzene rings is 6. The van der Waals surface area contributed by atoms with Crippen LogP contribution in [-0.2, 0) is 20.4 Å². The first-order valence-corrected chi connectivity index (χ1v) is 24.2. The van der Waals surface area contributed by atoms with Crippen molar-refractivity contribution in [2.45, 2.75) is 23.7 Å². The van der Waals surface area contributed by atoms with Crippen LogP contribution < -0.4 is 47.7 Å². The summed E-state index contributed by atoms with van der Waals surface area (Å²) in [5.74, 6) is 16.3. The first-order chi connectivity index (χ1) is 38.2. The summed E-state index contributed by atoms with van der Waals surface area (Å²) in [6, 6.07) is 35.5. The van der Waals surface area contributed by atoms with Crippen molar-refractivity contribution >= 4 is 23.2 Å². The van der Waals surface area contributed by atoms with Crippen molar-refractivity contribution in [1.29, 1.82) is 0 Å². The van der Waals surface area contributed by atoms with E-state index in [-0.39, 0.29) is 99.0 Å². The van der Waals surface area contributed by atoms with E-state index >= 15 is 9.59 Å². The zero-order valence-corrected chi connectivity index (χ0v) is 42.2. The van der Waals surface area contributed by atoms with Gasteiger partial charge in [0.1, 0.15) is 62.7 Å². The number of anilines is 2. The Hall–Kier alpha value is -10.9. The molecule has 0 bridgehead atoms. The Morgan fingerprint density at radius 3 is 0.949 bits per heavy atom. The molecule has 78 heavy (non-hydrogen) atoms. The summed E-state index contributed by atoms with van der Waals surface area (Å²) in [5.41, 5.74) is 1.52. The summed E-state index contributed by atoms with van der Waals surface area (Å²) in [7, 11) is 0. The van der Waals surface area contributed by atoms with Gasteiger partial charge in [-0.05, 0) is 95.8 Å². The molecular formula is C66H48N2O10. The molecule has 0 fully saturated rings. The molecule has 0 N–H and O–H groups in total. The summed E-state index contributed by atoms with van der Waals surface area (Å²) >= 11 is 0. The molecule has 0 spiro atoms. The third-order valence-corrected chi connectivity index (χ3v) is 13.1. The molecular weight excluding hydrogens is 981 g/mol. The van der Waals surface area contributed by atoms with Crippen LogP contribution in [0.2, 0.25) is 0 Å². The number of hydrogen-bond acceptors (Lipinski definition) is 10. The van der Waals surface area contributed by atoms with Crippen LogP contribution in [0.3, 0.4) is 0 Å². The highest BCUT2D eigenvalue weighted by molar-refractivity contribution is 6.14. The quantitative estimate of drug-likeness (QED) is 0.0457. The highest BCUT2D eigenvalue weighted by atomic mass is 16.5. The Morgan fingerprint density at radius 2 is 0.641 bits per heavy atom. The van der Waals surface area contributed by atoms with Gasteiger partial charge < -0.3 is 47.7 Å². The third kappa shape index (κ3) is 9.95. The summed E-state index contributed by atoms with van der Waals surface area (Å²) in [5, 5.41) is 0. The van der Waals surface area contributed by atoms with Gasteiger partial charge in [0.25, 0.3) is 0 Å². The highest BCUT2D eigenvalue weighted by Gasteiger charge is 2.55. The smallest absolute Gasteiger partial charge is 0.246 e. The number of rotatable bonds is 23. The minimum absolute atomic E-state index is 0.0497. The predicted molar refractivity (Wildman–Crippen MR) is 297 cm³/mol. The van der Waals surface area contributed by atoms with Crippen molar-refractivity contribution in [3.8, 4) is 145 Å². The van der Waals surface area contributed by atoms with Crippen LogP contribution in [0.5, 0.6) is 46.0 Å². The number of nitrogens with zero attached hydrogens (tertiary/aromatic N) is 2. The minimum Gasteiger partial charge on any atom is -0.477 e. The molecule has 2 aliphatic rings. The molecule has 2 amide bonds. The molecule has 2 aliphatic heterocycles. The van der Waals surface area contributed by atoms with E-state index in [9.17, 15) is 0 Å². The van der Waals surface area contributed by atoms with Gasteiger partial charge in [-0.1, -0.05) is 109 Å². The highest BCUT2D eigenvalue weighted by Crippen LogP contribution is 2.55. The molecule has 0 radical (unpaired) electrons. The summed E-state index contributed by atoms with van der Waals surface area (Å²) < 4.78 is 46.7. The first kappa shape index (κ1) is 53.4. The van der Waals surface area contributed by atoms with Gasteiger partial charge in [-0.3, -0.25) is 9.59 Å². The zero-order chi connectivity index (χ0) is 55.1. The maximum absolute atomic E-state index is 15.9. The Labute approximate surface area is 454 Å². The largest absolute Gasteiger partial charge is 0.477 e. The van der Waals surface area contributed by atoms with E-state index in [1.54, 1.807) is 82.6 Å². The lowest BCUT2D eigenvalue weighted by Crippen LogP contribution is -2.43. The Morgan fingerprint density at radius 1 is 0.359 bits per heavy atom. The van der Waals surface area contributed by atoms with Crippen LogP contribution in [0, 0.1) is 99.1 Å². The van der Waals surface area contributed by atoms with E-state index in [4.69, 9.17) is 89.3 Å². The molecule has 12 heteroatoms. The molecule has 12 nitrogen and oxygen atoms in total. The van der Waals surface area contributed by atoms with Crippen LogP contribution >= 0.6 is 0 Å². The van der Waals surface area contributed by atoms with Gasteiger partial charge in [-0.15, -0.1) is 38.5 Å². The van der Waals surface area contributed by atoms with Crippen molar-refractivity contribution in [2.24, 2.45) is 0 Å². The summed E-state index contributed by atoms with van der Waals surface area (Å²) in [6.45, 7) is 0.0309. The molecule has 2 atom stereocenters. The van der Waals surface area contributed by atoms with Gasteiger partial charge in [0.05, 0.1) is 0 Å². The number of para-hydroxylation sites is 2. The number of ether oxygens (including phenoxy) is 8. The molecule has 0 saturated carbocycles. The van der Waals surface area contributed by atoms with Crippen molar-refractivity contribution in [2.75, 3.05) is 62.5 Å². The van der Waals surface area contributed by atoms with Gasteiger partial charge >= 0.3 is 0 Å². The Balaban J connectivity index is 1.19. The maximum Gasteiger partial charge on any atom is 0.246 e. The van der Waals surface area contributed by atoms with Crippen LogP contribution in [-0.4, -0.2) is 64.5 Å². The lowest BCUT2D eigenvalue weighted by Gasteiger charge is -2.32. The molecule has 6 aromatic carbocycles.